The summed E-state index contributed by atoms with van der Waals surface area (Å²) in [5.41, 5.74) is 0. The molecule has 25 heavy (non-hydrogen) atoms. The van der Waals surface area contributed by atoms with Crippen molar-refractivity contribution < 1.29 is 22.7 Å². The second-order valence-electron chi connectivity index (χ2n) is 6.13. The number of likely N-dealkylation sites (tertiary alicyclic amines) is 1. The van der Waals surface area contributed by atoms with E-state index >= 15 is 0 Å². The van der Waals surface area contributed by atoms with Crippen LogP contribution in [-0.4, -0.2) is 80.8 Å². The van der Waals surface area contributed by atoms with Gasteiger partial charge in [0.05, 0.1) is 25.6 Å². The number of nitrogens with zero attached hydrogens (tertiary/aromatic N) is 3. The Morgan fingerprint density at radius 2 is 2.12 bits per heavy atom. The minimum atomic E-state index is -4.21. The average Bonchev–Trinajstić information content (AvgIpc) is 2.52. The Balaban J connectivity index is 2.60. The summed E-state index contributed by atoms with van der Waals surface area (Å²) in [7, 11) is 1.42. The topological polar surface area (TPSA) is 57.2 Å². The molecule has 6 nitrogen and oxygen atoms in total. The summed E-state index contributed by atoms with van der Waals surface area (Å²) in [6.45, 7) is 5.52. The van der Waals surface area contributed by atoms with E-state index in [1.165, 1.54) is 11.9 Å². The SMILES string of the molecule is CCNC(=NCCN(C)CC(F)(F)F)N1CCCC(C(=O)OCC)C1. The van der Waals surface area contributed by atoms with Gasteiger partial charge in [-0.2, -0.15) is 13.2 Å². The van der Waals surface area contributed by atoms with E-state index < -0.39 is 12.7 Å². The summed E-state index contributed by atoms with van der Waals surface area (Å²) in [6, 6.07) is 0. The van der Waals surface area contributed by atoms with Crippen molar-refractivity contribution in [1.29, 1.82) is 0 Å². The van der Waals surface area contributed by atoms with Gasteiger partial charge in [0.15, 0.2) is 5.96 Å². The predicted octanol–water partition coefficient (Wildman–Crippen LogP) is 1.72. The number of piperidine rings is 1. The Labute approximate surface area is 147 Å². The Kier molecular flexibility index (Phi) is 9.02. The van der Waals surface area contributed by atoms with Gasteiger partial charge in [0, 0.05) is 26.2 Å². The van der Waals surface area contributed by atoms with E-state index in [0.717, 1.165) is 19.4 Å². The van der Waals surface area contributed by atoms with Gasteiger partial charge in [0.2, 0.25) is 0 Å². The normalized spacial score (nSPS) is 19.2. The lowest BCUT2D eigenvalue weighted by Crippen LogP contribution is -2.48. The summed E-state index contributed by atoms with van der Waals surface area (Å²) in [4.78, 5) is 19.5. The second-order valence-corrected chi connectivity index (χ2v) is 6.13. The quantitative estimate of drug-likeness (QED) is 0.422. The number of esters is 1. The van der Waals surface area contributed by atoms with Crippen molar-refractivity contribution >= 4 is 11.9 Å². The molecule has 1 aliphatic heterocycles. The van der Waals surface area contributed by atoms with Crippen LogP contribution in [0.5, 0.6) is 0 Å². The molecule has 1 rings (SSSR count). The summed E-state index contributed by atoms with van der Waals surface area (Å²) < 4.78 is 42.1. The van der Waals surface area contributed by atoms with Crippen LogP contribution in [0, 0.1) is 5.92 Å². The van der Waals surface area contributed by atoms with Gasteiger partial charge in [-0.3, -0.25) is 14.7 Å². The molecule has 0 bridgehead atoms. The zero-order chi connectivity index (χ0) is 18.9. The number of nitrogens with one attached hydrogen (secondary N) is 1. The highest BCUT2D eigenvalue weighted by Crippen LogP contribution is 2.18. The number of halogens is 3. The molecule has 0 aliphatic carbocycles. The fraction of sp³-hybridized carbons (Fsp3) is 0.875. The van der Waals surface area contributed by atoms with E-state index in [0.29, 0.717) is 25.7 Å². The molecular formula is C16H29F3N4O2. The van der Waals surface area contributed by atoms with Gasteiger partial charge in [-0.15, -0.1) is 0 Å². The fourth-order valence-electron chi connectivity index (χ4n) is 2.76. The summed E-state index contributed by atoms with van der Waals surface area (Å²) in [5, 5.41) is 3.15. The van der Waals surface area contributed by atoms with Crippen molar-refractivity contribution in [1.82, 2.24) is 15.1 Å². The number of hydrogen-bond donors (Lipinski definition) is 1. The van der Waals surface area contributed by atoms with Gasteiger partial charge >= 0.3 is 12.1 Å². The Morgan fingerprint density at radius 1 is 1.40 bits per heavy atom. The molecule has 0 aromatic carbocycles. The number of guanidine groups is 1. The van der Waals surface area contributed by atoms with Crippen LogP contribution in [0.1, 0.15) is 26.7 Å². The lowest BCUT2D eigenvalue weighted by molar-refractivity contribution is -0.149. The molecule has 1 N–H and O–H groups in total. The van der Waals surface area contributed by atoms with Crippen LogP contribution in [0.4, 0.5) is 13.2 Å². The maximum absolute atomic E-state index is 12.3. The smallest absolute Gasteiger partial charge is 0.401 e. The van der Waals surface area contributed by atoms with Gasteiger partial charge in [0.1, 0.15) is 0 Å². The van der Waals surface area contributed by atoms with Crippen molar-refractivity contribution in [2.45, 2.75) is 32.9 Å². The van der Waals surface area contributed by atoms with Gasteiger partial charge in [-0.05, 0) is 33.7 Å². The van der Waals surface area contributed by atoms with E-state index in [9.17, 15) is 18.0 Å². The first-order valence-corrected chi connectivity index (χ1v) is 8.72. The number of aliphatic imine (C=N–C) groups is 1. The number of likely N-dealkylation sites (N-methyl/N-ethyl adjacent to an activating group) is 1. The minimum absolute atomic E-state index is 0.189. The zero-order valence-electron chi connectivity index (χ0n) is 15.2. The number of carbonyl (C=O) groups is 1. The van der Waals surface area contributed by atoms with Crippen molar-refractivity contribution in [3.05, 3.63) is 0 Å². The molecule has 0 spiro atoms. The molecule has 0 radical (unpaired) electrons. The lowest BCUT2D eigenvalue weighted by Gasteiger charge is -2.34. The number of carbonyl (C=O) groups excluding carboxylic acids is 1. The maximum Gasteiger partial charge on any atom is 0.401 e. The molecule has 146 valence electrons. The molecular weight excluding hydrogens is 337 g/mol. The van der Waals surface area contributed by atoms with Crippen LogP contribution in [0.25, 0.3) is 0 Å². The second kappa shape index (κ2) is 10.5. The van der Waals surface area contributed by atoms with Crippen LogP contribution in [0.15, 0.2) is 4.99 Å². The molecule has 1 aliphatic rings. The van der Waals surface area contributed by atoms with Crippen molar-refractivity contribution in [2.75, 3.05) is 52.9 Å². The summed E-state index contributed by atoms with van der Waals surface area (Å²) in [6.07, 6.45) is -2.58. The molecule has 1 heterocycles. The molecule has 1 atom stereocenters. The monoisotopic (exact) mass is 366 g/mol. The number of alkyl halides is 3. The highest BCUT2D eigenvalue weighted by Gasteiger charge is 2.29. The fourth-order valence-corrected chi connectivity index (χ4v) is 2.76. The van der Waals surface area contributed by atoms with Gasteiger partial charge in [-0.25, -0.2) is 0 Å². The van der Waals surface area contributed by atoms with Crippen molar-refractivity contribution in [3.63, 3.8) is 0 Å². The van der Waals surface area contributed by atoms with Crippen molar-refractivity contribution in [3.8, 4) is 0 Å². The first-order valence-electron chi connectivity index (χ1n) is 8.72. The van der Waals surface area contributed by atoms with E-state index in [2.05, 4.69) is 10.3 Å². The van der Waals surface area contributed by atoms with Crippen LogP contribution in [0.3, 0.4) is 0 Å². The molecule has 0 aromatic heterocycles. The van der Waals surface area contributed by atoms with Crippen molar-refractivity contribution in [2.24, 2.45) is 10.9 Å². The molecule has 0 aromatic rings. The Hall–Kier alpha value is -1.51. The minimum Gasteiger partial charge on any atom is -0.466 e. The maximum atomic E-state index is 12.3. The van der Waals surface area contributed by atoms with Crippen LogP contribution >= 0.6 is 0 Å². The van der Waals surface area contributed by atoms with E-state index in [-0.39, 0.29) is 25.0 Å². The van der Waals surface area contributed by atoms with Crippen LogP contribution < -0.4 is 5.32 Å². The molecule has 1 fully saturated rings. The molecule has 1 saturated heterocycles. The lowest BCUT2D eigenvalue weighted by atomic mass is 9.98. The molecule has 0 saturated carbocycles. The Bertz CT molecular complexity index is 444. The third kappa shape index (κ3) is 8.42. The van der Waals surface area contributed by atoms with E-state index in [1.807, 2.05) is 11.8 Å². The van der Waals surface area contributed by atoms with E-state index in [4.69, 9.17) is 4.74 Å². The summed E-state index contributed by atoms with van der Waals surface area (Å²) in [5.74, 6) is 0.246. The van der Waals surface area contributed by atoms with Crippen LogP contribution in [0.2, 0.25) is 0 Å². The molecule has 1 unspecified atom stereocenters. The standard InChI is InChI=1S/C16H29F3N4O2/c1-4-20-15(21-8-10-22(3)12-16(17,18)19)23-9-6-7-13(11-23)14(24)25-5-2/h13H,4-12H2,1-3H3,(H,20,21). The third-order valence-corrected chi connectivity index (χ3v) is 3.87. The Morgan fingerprint density at radius 3 is 2.72 bits per heavy atom. The highest BCUT2D eigenvalue weighted by molar-refractivity contribution is 5.81. The number of hydrogen-bond acceptors (Lipinski definition) is 4. The third-order valence-electron chi connectivity index (χ3n) is 3.87. The van der Waals surface area contributed by atoms with E-state index in [1.54, 1.807) is 6.92 Å². The predicted molar refractivity (Wildman–Crippen MR) is 90.5 cm³/mol. The molecule has 0 amide bonds. The number of ether oxygens (including phenoxy) is 1. The highest BCUT2D eigenvalue weighted by atomic mass is 19.4. The number of rotatable bonds is 7. The molecule has 9 heteroatoms. The first kappa shape index (κ1) is 21.5. The van der Waals surface area contributed by atoms with Gasteiger partial charge in [0.25, 0.3) is 0 Å². The average molecular weight is 366 g/mol. The van der Waals surface area contributed by atoms with Crippen LogP contribution in [-0.2, 0) is 9.53 Å². The summed E-state index contributed by atoms with van der Waals surface area (Å²) >= 11 is 0. The largest absolute Gasteiger partial charge is 0.466 e. The van der Waals surface area contributed by atoms with Gasteiger partial charge in [-0.1, -0.05) is 0 Å². The first-order chi connectivity index (χ1) is 11.8. The zero-order valence-corrected chi connectivity index (χ0v) is 15.2. The van der Waals surface area contributed by atoms with Gasteiger partial charge < -0.3 is 15.0 Å².